The predicted molar refractivity (Wildman–Crippen MR) is 50.1 cm³/mol. The maximum atomic E-state index is 10.8. The molecule has 0 aliphatic rings. The van der Waals surface area contributed by atoms with Crippen molar-refractivity contribution in [2.45, 2.75) is 26.3 Å². The molecule has 0 amide bonds. The largest absolute Gasteiger partial charge is 0.476 e. The van der Waals surface area contributed by atoms with E-state index in [4.69, 9.17) is 10.8 Å². The van der Waals surface area contributed by atoms with Gasteiger partial charge in [0.1, 0.15) is 0 Å². The van der Waals surface area contributed by atoms with Gasteiger partial charge in [-0.2, -0.15) is 0 Å². The summed E-state index contributed by atoms with van der Waals surface area (Å²) < 4.78 is 1.55. The number of carboxylic acids is 1. The fourth-order valence-corrected chi connectivity index (χ4v) is 1.33. The Morgan fingerprint density at radius 1 is 1.64 bits per heavy atom. The van der Waals surface area contributed by atoms with Crippen molar-refractivity contribution in [3.05, 3.63) is 11.4 Å². The van der Waals surface area contributed by atoms with Gasteiger partial charge in [-0.05, 0) is 5.92 Å². The summed E-state index contributed by atoms with van der Waals surface area (Å²) >= 11 is 0. The van der Waals surface area contributed by atoms with Crippen molar-refractivity contribution < 1.29 is 9.90 Å². The molecule has 0 saturated carbocycles. The number of carbonyl (C=O) groups is 1. The first-order valence-corrected chi connectivity index (χ1v) is 4.44. The van der Waals surface area contributed by atoms with Crippen molar-refractivity contribution in [1.82, 2.24) is 15.0 Å². The highest BCUT2D eigenvalue weighted by Crippen LogP contribution is 2.17. The molecular weight excluding hydrogens is 184 g/mol. The Kier molecular flexibility index (Phi) is 3.19. The smallest absolute Gasteiger partial charge is 0.358 e. The van der Waals surface area contributed by atoms with Crippen molar-refractivity contribution in [2.75, 3.05) is 6.54 Å². The zero-order chi connectivity index (χ0) is 10.7. The van der Waals surface area contributed by atoms with Crippen molar-refractivity contribution in [2.24, 2.45) is 5.73 Å². The lowest BCUT2D eigenvalue weighted by atomic mass is 10.1. The summed E-state index contributed by atoms with van der Waals surface area (Å²) in [5.41, 5.74) is 6.03. The number of nitrogens with two attached hydrogens (primary N) is 1. The molecule has 6 nitrogen and oxygen atoms in total. The lowest BCUT2D eigenvalue weighted by Crippen LogP contribution is -2.15. The lowest BCUT2D eigenvalue weighted by Gasteiger charge is -2.08. The minimum atomic E-state index is -1.04. The molecule has 0 spiro atoms. The van der Waals surface area contributed by atoms with E-state index in [1.165, 1.54) is 0 Å². The second-order valence-electron chi connectivity index (χ2n) is 3.29. The molecule has 0 bridgehead atoms. The van der Waals surface area contributed by atoms with Gasteiger partial charge in [0.25, 0.3) is 0 Å². The number of aromatic carboxylic acids is 1. The Morgan fingerprint density at radius 2 is 2.29 bits per heavy atom. The number of hydrogen-bond acceptors (Lipinski definition) is 4. The van der Waals surface area contributed by atoms with Gasteiger partial charge in [-0.1, -0.05) is 19.1 Å². The van der Waals surface area contributed by atoms with E-state index in [-0.39, 0.29) is 11.6 Å². The highest BCUT2D eigenvalue weighted by Gasteiger charge is 2.20. The normalized spacial score (nSPS) is 10.9. The minimum absolute atomic E-state index is 0.0217. The molecule has 3 N–H and O–H groups in total. The number of rotatable bonds is 4. The van der Waals surface area contributed by atoms with Crippen LogP contribution in [0.1, 0.15) is 35.9 Å². The Balaban J connectivity index is 3.13. The van der Waals surface area contributed by atoms with E-state index in [1.807, 2.05) is 13.8 Å². The van der Waals surface area contributed by atoms with Gasteiger partial charge >= 0.3 is 5.97 Å². The first-order chi connectivity index (χ1) is 6.57. The standard InChI is InChI=1S/C8H14N4O2/c1-5(2)7-6(8(13)14)10-11-12(7)4-3-9/h5H,3-4,9H2,1-2H3,(H,13,14). The molecule has 0 saturated heterocycles. The Morgan fingerprint density at radius 3 is 2.71 bits per heavy atom. The van der Waals surface area contributed by atoms with Crippen LogP contribution in [0.15, 0.2) is 0 Å². The third kappa shape index (κ3) is 1.90. The van der Waals surface area contributed by atoms with Crippen LogP contribution in [-0.2, 0) is 6.54 Å². The van der Waals surface area contributed by atoms with Gasteiger partial charge < -0.3 is 10.8 Å². The van der Waals surface area contributed by atoms with E-state index in [2.05, 4.69) is 10.3 Å². The highest BCUT2D eigenvalue weighted by atomic mass is 16.4. The van der Waals surface area contributed by atoms with Gasteiger partial charge in [0.2, 0.25) is 0 Å². The molecule has 1 aromatic heterocycles. The van der Waals surface area contributed by atoms with Crippen LogP contribution in [0.4, 0.5) is 0 Å². The third-order valence-electron chi connectivity index (χ3n) is 1.86. The van der Waals surface area contributed by atoms with Crippen LogP contribution in [0, 0.1) is 0 Å². The van der Waals surface area contributed by atoms with Gasteiger partial charge in [-0.25, -0.2) is 9.48 Å². The maximum absolute atomic E-state index is 10.8. The molecule has 0 unspecified atom stereocenters. The Hall–Kier alpha value is -1.43. The van der Waals surface area contributed by atoms with Crippen molar-refractivity contribution >= 4 is 5.97 Å². The van der Waals surface area contributed by atoms with E-state index in [0.717, 1.165) is 0 Å². The molecule has 78 valence electrons. The van der Waals surface area contributed by atoms with Crippen LogP contribution in [0.2, 0.25) is 0 Å². The zero-order valence-corrected chi connectivity index (χ0v) is 8.27. The van der Waals surface area contributed by atoms with Crippen LogP contribution in [-0.4, -0.2) is 32.6 Å². The third-order valence-corrected chi connectivity index (χ3v) is 1.86. The predicted octanol–water partition coefficient (Wildman–Crippen LogP) is 0.0584. The molecule has 0 fully saturated rings. The van der Waals surface area contributed by atoms with Crippen molar-refractivity contribution in [1.29, 1.82) is 0 Å². The number of aromatic nitrogens is 3. The molecule has 1 heterocycles. The summed E-state index contributed by atoms with van der Waals surface area (Å²) in [7, 11) is 0. The van der Waals surface area contributed by atoms with Gasteiger partial charge in [0.05, 0.1) is 12.2 Å². The monoisotopic (exact) mass is 198 g/mol. The second kappa shape index (κ2) is 4.19. The van der Waals surface area contributed by atoms with Gasteiger partial charge in [0, 0.05) is 6.54 Å². The van der Waals surface area contributed by atoms with E-state index < -0.39 is 5.97 Å². The average Bonchev–Trinajstić information content (AvgIpc) is 2.48. The fourth-order valence-electron chi connectivity index (χ4n) is 1.33. The maximum Gasteiger partial charge on any atom is 0.358 e. The molecule has 0 atom stereocenters. The van der Waals surface area contributed by atoms with E-state index in [1.54, 1.807) is 4.68 Å². The van der Waals surface area contributed by atoms with Crippen molar-refractivity contribution in [3.63, 3.8) is 0 Å². The molecule has 0 aliphatic carbocycles. The minimum Gasteiger partial charge on any atom is -0.476 e. The quantitative estimate of drug-likeness (QED) is 0.713. The van der Waals surface area contributed by atoms with Crippen LogP contribution < -0.4 is 5.73 Å². The summed E-state index contributed by atoms with van der Waals surface area (Å²) in [4.78, 5) is 10.8. The molecular formula is C8H14N4O2. The molecule has 0 aliphatic heterocycles. The Labute approximate surface area is 81.7 Å². The fraction of sp³-hybridized carbons (Fsp3) is 0.625. The van der Waals surface area contributed by atoms with Gasteiger partial charge in [-0.15, -0.1) is 5.10 Å². The van der Waals surface area contributed by atoms with Crippen LogP contribution in [0.5, 0.6) is 0 Å². The molecule has 14 heavy (non-hydrogen) atoms. The van der Waals surface area contributed by atoms with E-state index in [0.29, 0.717) is 18.8 Å². The summed E-state index contributed by atoms with van der Waals surface area (Å²) in [6, 6.07) is 0. The summed E-state index contributed by atoms with van der Waals surface area (Å²) in [5.74, 6) is -0.973. The van der Waals surface area contributed by atoms with Gasteiger partial charge in [-0.3, -0.25) is 0 Å². The molecule has 6 heteroatoms. The number of hydrogen-bond donors (Lipinski definition) is 2. The SMILES string of the molecule is CC(C)c1c(C(=O)O)nnn1CCN. The topological polar surface area (TPSA) is 94.0 Å². The first-order valence-electron chi connectivity index (χ1n) is 4.44. The average molecular weight is 198 g/mol. The summed E-state index contributed by atoms with van der Waals surface area (Å²) in [6.07, 6.45) is 0. The van der Waals surface area contributed by atoms with Crippen molar-refractivity contribution in [3.8, 4) is 0 Å². The summed E-state index contributed by atoms with van der Waals surface area (Å²) in [5, 5.41) is 16.2. The molecule has 1 rings (SSSR count). The van der Waals surface area contributed by atoms with Crippen LogP contribution in [0.3, 0.4) is 0 Å². The van der Waals surface area contributed by atoms with Crippen LogP contribution >= 0.6 is 0 Å². The zero-order valence-electron chi connectivity index (χ0n) is 8.27. The summed E-state index contributed by atoms with van der Waals surface area (Å²) in [6.45, 7) is 4.71. The highest BCUT2D eigenvalue weighted by molar-refractivity contribution is 5.86. The van der Waals surface area contributed by atoms with E-state index >= 15 is 0 Å². The Bertz CT molecular complexity index is 332. The van der Waals surface area contributed by atoms with E-state index in [9.17, 15) is 4.79 Å². The first kappa shape index (κ1) is 10.6. The molecule has 0 aromatic carbocycles. The number of carboxylic acid groups (broad SMARTS) is 1. The van der Waals surface area contributed by atoms with Gasteiger partial charge in [0.15, 0.2) is 5.69 Å². The second-order valence-corrected chi connectivity index (χ2v) is 3.29. The number of nitrogens with zero attached hydrogens (tertiary/aromatic N) is 3. The van der Waals surface area contributed by atoms with Crippen LogP contribution in [0.25, 0.3) is 0 Å². The lowest BCUT2D eigenvalue weighted by molar-refractivity contribution is 0.0688. The molecule has 1 aromatic rings. The molecule has 0 radical (unpaired) electrons.